The van der Waals surface area contributed by atoms with Crippen molar-refractivity contribution in [2.45, 2.75) is 32.2 Å². The number of carbonyl (C=O) groups excluding carboxylic acids is 1. The minimum absolute atomic E-state index is 0.0673. The van der Waals surface area contributed by atoms with E-state index in [1.807, 2.05) is 31.2 Å². The Hall–Kier alpha value is -1.55. The van der Waals surface area contributed by atoms with Crippen molar-refractivity contribution in [1.29, 1.82) is 0 Å². The summed E-state index contributed by atoms with van der Waals surface area (Å²) < 4.78 is 0. The third kappa shape index (κ3) is 4.87. The van der Waals surface area contributed by atoms with Gasteiger partial charge in [-0.05, 0) is 30.5 Å². The number of amides is 1. The first-order valence-corrected chi connectivity index (χ1v) is 6.01. The number of hydrogen-bond donors (Lipinski definition) is 3. The standard InChI is InChI=1S/C13H21N3O/c1-2-3-12(15)13(17)16-9-8-10-4-6-11(14)7-5-10/h4-7,12H,2-3,8-9,14-15H2,1H3,(H,16,17). The van der Waals surface area contributed by atoms with Crippen LogP contribution in [0.2, 0.25) is 0 Å². The van der Waals surface area contributed by atoms with Crippen LogP contribution in [0.3, 0.4) is 0 Å². The normalized spacial score (nSPS) is 12.1. The Morgan fingerprint density at radius 3 is 2.59 bits per heavy atom. The summed E-state index contributed by atoms with van der Waals surface area (Å²) in [7, 11) is 0. The van der Waals surface area contributed by atoms with Crippen molar-refractivity contribution in [2.75, 3.05) is 12.3 Å². The molecule has 1 atom stereocenters. The van der Waals surface area contributed by atoms with Crippen LogP contribution in [0, 0.1) is 0 Å². The molecule has 1 rings (SSSR count). The quantitative estimate of drug-likeness (QED) is 0.645. The van der Waals surface area contributed by atoms with Crippen LogP contribution in [0.5, 0.6) is 0 Å². The van der Waals surface area contributed by atoms with Gasteiger partial charge in [0.2, 0.25) is 5.91 Å². The molecule has 1 aromatic rings. The van der Waals surface area contributed by atoms with Gasteiger partial charge in [-0.1, -0.05) is 25.5 Å². The molecule has 17 heavy (non-hydrogen) atoms. The Balaban J connectivity index is 2.28. The van der Waals surface area contributed by atoms with Crippen LogP contribution >= 0.6 is 0 Å². The Labute approximate surface area is 102 Å². The number of benzene rings is 1. The third-order valence-electron chi connectivity index (χ3n) is 2.63. The highest BCUT2D eigenvalue weighted by molar-refractivity contribution is 5.81. The van der Waals surface area contributed by atoms with Crippen molar-refractivity contribution < 1.29 is 4.79 Å². The van der Waals surface area contributed by atoms with E-state index in [4.69, 9.17) is 11.5 Å². The molecule has 1 unspecified atom stereocenters. The average Bonchev–Trinajstić information content (AvgIpc) is 2.32. The largest absolute Gasteiger partial charge is 0.399 e. The SMILES string of the molecule is CCCC(N)C(=O)NCCc1ccc(N)cc1. The van der Waals surface area contributed by atoms with Crippen molar-refractivity contribution in [3.05, 3.63) is 29.8 Å². The van der Waals surface area contributed by atoms with Gasteiger partial charge in [-0.25, -0.2) is 0 Å². The lowest BCUT2D eigenvalue weighted by Crippen LogP contribution is -2.41. The topological polar surface area (TPSA) is 81.1 Å². The lowest BCUT2D eigenvalue weighted by molar-refractivity contribution is -0.122. The monoisotopic (exact) mass is 235 g/mol. The zero-order valence-corrected chi connectivity index (χ0v) is 10.3. The summed E-state index contributed by atoms with van der Waals surface area (Å²) in [6, 6.07) is 7.27. The third-order valence-corrected chi connectivity index (χ3v) is 2.63. The lowest BCUT2D eigenvalue weighted by atomic mass is 10.1. The van der Waals surface area contributed by atoms with Gasteiger partial charge in [0.25, 0.3) is 0 Å². The number of nitrogens with one attached hydrogen (secondary N) is 1. The lowest BCUT2D eigenvalue weighted by Gasteiger charge is -2.11. The fraction of sp³-hybridized carbons (Fsp3) is 0.462. The molecule has 0 saturated heterocycles. The Morgan fingerprint density at radius 1 is 1.35 bits per heavy atom. The van der Waals surface area contributed by atoms with Gasteiger partial charge in [-0.3, -0.25) is 4.79 Å². The molecule has 0 bridgehead atoms. The number of carbonyl (C=O) groups is 1. The summed E-state index contributed by atoms with van der Waals surface area (Å²) in [5.41, 5.74) is 13.2. The molecule has 0 aliphatic rings. The fourth-order valence-corrected chi connectivity index (χ4v) is 1.59. The molecule has 4 heteroatoms. The highest BCUT2D eigenvalue weighted by Gasteiger charge is 2.10. The van der Waals surface area contributed by atoms with E-state index in [0.717, 1.165) is 30.5 Å². The van der Waals surface area contributed by atoms with E-state index in [9.17, 15) is 4.79 Å². The van der Waals surface area contributed by atoms with Gasteiger partial charge in [0, 0.05) is 12.2 Å². The second kappa shape index (κ2) is 6.91. The first-order valence-electron chi connectivity index (χ1n) is 6.01. The predicted molar refractivity (Wildman–Crippen MR) is 70.5 cm³/mol. The van der Waals surface area contributed by atoms with Crippen molar-refractivity contribution >= 4 is 11.6 Å². The number of hydrogen-bond acceptors (Lipinski definition) is 3. The van der Waals surface area contributed by atoms with Gasteiger partial charge in [0.15, 0.2) is 0 Å². The summed E-state index contributed by atoms with van der Waals surface area (Å²) >= 11 is 0. The van der Waals surface area contributed by atoms with E-state index in [2.05, 4.69) is 5.32 Å². The molecule has 1 amide bonds. The van der Waals surface area contributed by atoms with Crippen LogP contribution < -0.4 is 16.8 Å². The summed E-state index contributed by atoms with van der Waals surface area (Å²) in [5, 5.41) is 2.84. The maximum Gasteiger partial charge on any atom is 0.236 e. The summed E-state index contributed by atoms with van der Waals surface area (Å²) in [4.78, 5) is 11.5. The molecule has 0 aliphatic heterocycles. The Morgan fingerprint density at radius 2 is 2.00 bits per heavy atom. The zero-order valence-electron chi connectivity index (χ0n) is 10.3. The number of rotatable bonds is 6. The molecule has 0 heterocycles. The molecule has 4 nitrogen and oxygen atoms in total. The van der Waals surface area contributed by atoms with E-state index in [1.165, 1.54) is 0 Å². The van der Waals surface area contributed by atoms with E-state index >= 15 is 0 Å². The molecule has 0 spiro atoms. The summed E-state index contributed by atoms with van der Waals surface area (Å²) in [6.07, 6.45) is 2.45. The van der Waals surface area contributed by atoms with Gasteiger partial charge in [0.1, 0.15) is 0 Å². The van der Waals surface area contributed by atoms with Gasteiger partial charge < -0.3 is 16.8 Å². The number of anilines is 1. The maximum atomic E-state index is 11.5. The molecule has 5 N–H and O–H groups in total. The predicted octanol–water partition coefficient (Wildman–Crippen LogP) is 1.05. The van der Waals surface area contributed by atoms with Crippen molar-refractivity contribution in [2.24, 2.45) is 5.73 Å². The van der Waals surface area contributed by atoms with Gasteiger partial charge in [-0.15, -0.1) is 0 Å². The van der Waals surface area contributed by atoms with E-state index in [0.29, 0.717) is 6.54 Å². The van der Waals surface area contributed by atoms with Crippen molar-refractivity contribution in [1.82, 2.24) is 5.32 Å². The van der Waals surface area contributed by atoms with Gasteiger partial charge in [-0.2, -0.15) is 0 Å². The molecule has 0 radical (unpaired) electrons. The van der Waals surface area contributed by atoms with Crippen LogP contribution in [-0.2, 0) is 11.2 Å². The maximum absolute atomic E-state index is 11.5. The fourth-order valence-electron chi connectivity index (χ4n) is 1.59. The van der Waals surface area contributed by atoms with Gasteiger partial charge >= 0.3 is 0 Å². The minimum Gasteiger partial charge on any atom is -0.399 e. The minimum atomic E-state index is -0.383. The number of nitrogens with two attached hydrogens (primary N) is 2. The molecule has 0 saturated carbocycles. The summed E-state index contributed by atoms with van der Waals surface area (Å²) in [6.45, 7) is 2.63. The molecule has 0 aromatic heterocycles. The van der Waals surface area contributed by atoms with Crippen molar-refractivity contribution in [3.63, 3.8) is 0 Å². The molecular weight excluding hydrogens is 214 g/mol. The summed E-state index contributed by atoms with van der Waals surface area (Å²) in [5.74, 6) is -0.0673. The van der Waals surface area contributed by atoms with Crippen LogP contribution in [0.25, 0.3) is 0 Å². The molecular formula is C13H21N3O. The molecule has 0 fully saturated rings. The van der Waals surface area contributed by atoms with Crippen molar-refractivity contribution in [3.8, 4) is 0 Å². The molecule has 0 aliphatic carbocycles. The average molecular weight is 235 g/mol. The second-order valence-corrected chi connectivity index (χ2v) is 4.18. The highest BCUT2D eigenvalue weighted by Crippen LogP contribution is 2.05. The van der Waals surface area contributed by atoms with Crippen LogP contribution in [-0.4, -0.2) is 18.5 Å². The second-order valence-electron chi connectivity index (χ2n) is 4.18. The highest BCUT2D eigenvalue weighted by atomic mass is 16.2. The van der Waals surface area contributed by atoms with E-state index in [-0.39, 0.29) is 11.9 Å². The number of nitrogen functional groups attached to an aromatic ring is 1. The molecule has 94 valence electrons. The Kier molecular flexibility index (Phi) is 5.49. The van der Waals surface area contributed by atoms with E-state index < -0.39 is 0 Å². The van der Waals surface area contributed by atoms with E-state index in [1.54, 1.807) is 0 Å². The smallest absolute Gasteiger partial charge is 0.236 e. The zero-order chi connectivity index (χ0) is 12.7. The first-order chi connectivity index (χ1) is 8.13. The van der Waals surface area contributed by atoms with Crippen LogP contribution in [0.1, 0.15) is 25.3 Å². The first kappa shape index (κ1) is 13.5. The van der Waals surface area contributed by atoms with Crippen LogP contribution in [0.4, 0.5) is 5.69 Å². The van der Waals surface area contributed by atoms with Crippen LogP contribution in [0.15, 0.2) is 24.3 Å². The molecule has 1 aromatic carbocycles. The van der Waals surface area contributed by atoms with Gasteiger partial charge in [0.05, 0.1) is 6.04 Å². The Bertz CT molecular complexity index is 348.